The molecule has 0 radical (unpaired) electrons. The molecular formula is C21H25N3O5S. The summed E-state index contributed by atoms with van der Waals surface area (Å²) in [6.45, 7) is 3.84. The Hall–Kier alpha value is -2.78. The molecule has 2 heterocycles. The van der Waals surface area contributed by atoms with Gasteiger partial charge in [0.25, 0.3) is 5.91 Å². The highest BCUT2D eigenvalue weighted by Crippen LogP contribution is 2.24. The molecule has 8 nitrogen and oxygen atoms in total. The van der Waals surface area contributed by atoms with Crippen LogP contribution in [0.2, 0.25) is 0 Å². The third-order valence-electron chi connectivity index (χ3n) is 5.15. The Morgan fingerprint density at radius 2 is 1.80 bits per heavy atom. The molecule has 160 valence electrons. The standard InChI is InChI=1S/C21H25N3O5S/c1-15-5-3-6-16(2)20(15)23-19(25)14-29-21(26)17-8-11-24(12-9-17)30(27,28)18-7-4-10-22-13-18/h3-7,10,13,17H,8-9,11-12,14H2,1-2H3,(H,23,25). The van der Waals surface area contributed by atoms with E-state index >= 15 is 0 Å². The third-order valence-corrected chi connectivity index (χ3v) is 7.03. The number of nitrogens with one attached hydrogen (secondary N) is 1. The number of anilines is 1. The van der Waals surface area contributed by atoms with Crippen molar-refractivity contribution < 1.29 is 22.7 Å². The summed E-state index contributed by atoms with van der Waals surface area (Å²) in [6, 6.07) is 8.75. The van der Waals surface area contributed by atoms with Gasteiger partial charge in [-0.05, 0) is 49.9 Å². The highest BCUT2D eigenvalue weighted by molar-refractivity contribution is 7.89. The molecule has 0 aliphatic carbocycles. The van der Waals surface area contributed by atoms with Gasteiger partial charge in [0.05, 0.1) is 5.92 Å². The van der Waals surface area contributed by atoms with Gasteiger partial charge in [-0.15, -0.1) is 0 Å². The van der Waals surface area contributed by atoms with Gasteiger partial charge < -0.3 is 10.1 Å². The monoisotopic (exact) mass is 431 g/mol. The Bertz CT molecular complexity index is 996. The Morgan fingerprint density at radius 1 is 1.13 bits per heavy atom. The molecule has 0 spiro atoms. The summed E-state index contributed by atoms with van der Waals surface area (Å²) < 4.78 is 31.8. The number of pyridine rings is 1. The maximum Gasteiger partial charge on any atom is 0.309 e. The van der Waals surface area contributed by atoms with Crippen molar-refractivity contribution >= 4 is 27.6 Å². The number of carbonyl (C=O) groups is 2. The zero-order valence-corrected chi connectivity index (χ0v) is 17.8. The third kappa shape index (κ3) is 5.03. The van der Waals surface area contributed by atoms with Gasteiger partial charge in [0.1, 0.15) is 4.90 Å². The van der Waals surface area contributed by atoms with E-state index in [2.05, 4.69) is 10.3 Å². The predicted octanol–water partition coefficient (Wildman–Crippen LogP) is 2.28. The summed E-state index contributed by atoms with van der Waals surface area (Å²) in [5.41, 5.74) is 2.57. The molecule has 0 unspecified atom stereocenters. The van der Waals surface area contributed by atoms with Gasteiger partial charge in [-0.3, -0.25) is 14.6 Å². The van der Waals surface area contributed by atoms with Crippen LogP contribution in [0.3, 0.4) is 0 Å². The molecule has 0 saturated carbocycles. The number of aromatic nitrogens is 1. The zero-order valence-electron chi connectivity index (χ0n) is 17.0. The number of hydrogen-bond donors (Lipinski definition) is 1. The lowest BCUT2D eigenvalue weighted by Gasteiger charge is -2.30. The highest BCUT2D eigenvalue weighted by Gasteiger charge is 2.33. The fourth-order valence-corrected chi connectivity index (χ4v) is 4.86. The number of para-hydroxylation sites is 1. The molecule has 1 amide bonds. The number of esters is 1. The van der Waals surface area contributed by atoms with Crippen molar-refractivity contribution in [3.63, 3.8) is 0 Å². The Kier molecular flexibility index (Phi) is 6.84. The second-order valence-electron chi connectivity index (χ2n) is 7.29. The lowest BCUT2D eigenvalue weighted by atomic mass is 9.98. The van der Waals surface area contributed by atoms with Crippen molar-refractivity contribution in [2.45, 2.75) is 31.6 Å². The van der Waals surface area contributed by atoms with Gasteiger partial charge in [0.15, 0.2) is 6.61 Å². The lowest BCUT2D eigenvalue weighted by Crippen LogP contribution is -2.41. The molecule has 1 aliphatic rings. The van der Waals surface area contributed by atoms with Crippen LogP contribution >= 0.6 is 0 Å². The minimum atomic E-state index is -3.63. The topological polar surface area (TPSA) is 106 Å². The molecule has 1 aromatic heterocycles. The van der Waals surface area contributed by atoms with Crippen molar-refractivity contribution in [3.8, 4) is 0 Å². The van der Waals surface area contributed by atoms with Crippen LogP contribution in [0.4, 0.5) is 5.69 Å². The molecule has 1 aromatic carbocycles. The summed E-state index contributed by atoms with van der Waals surface area (Å²) in [5.74, 6) is -1.32. The number of rotatable bonds is 6. The Balaban J connectivity index is 1.49. The first kappa shape index (κ1) is 21.9. The van der Waals surface area contributed by atoms with E-state index in [0.717, 1.165) is 11.1 Å². The van der Waals surface area contributed by atoms with Gasteiger partial charge in [0, 0.05) is 31.2 Å². The number of hydrogen-bond acceptors (Lipinski definition) is 6. The van der Waals surface area contributed by atoms with Crippen molar-refractivity contribution in [2.75, 3.05) is 25.0 Å². The number of carbonyl (C=O) groups excluding carboxylic acids is 2. The first-order valence-electron chi connectivity index (χ1n) is 9.72. The fourth-order valence-electron chi connectivity index (χ4n) is 3.42. The van der Waals surface area contributed by atoms with E-state index in [1.54, 1.807) is 6.07 Å². The quantitative estimate of drug-likeness (QED) is 0.704. The van der Waals surface area contributed by atoms with E-state index in [-0.39, 0.29) is 24.6 Å². The van der Waals surface area contributed by atoms with Crippen LogP contribution in [0.25, 0.3) is 0 Å². The van der Waals surface area contributed by atoms with Crippen LogP contribution in [0.1, 0.15) is 24.0 Å². The van der Waals surface area contributed by atoms with E-state index < -0.39 is 27.8 Å². The first-order chi connectivity index (χ1) is 14.3. The molecule has 1 saturated heterocycles. The highest BCUT2D eigenvalue weighted by atomic mass is 32.2. The summed E-state index contributed by atoms with van der Waals surface area (Å²) >= 11 is 0. The van der Waals surface area contributed by atoms with Crippen LogP contribution in [-0.2, 0) is 24.3 Å². The summed E-state index contributed by atoms with van der Waals surface area (Å²) in [6.07, 6.45) is 3.51. The SMILES string of the molecule is Cc1cccc(C)c1NC(=O)COC(=O)C1CCN(S(=O)(=O)c2cccnc2)CC1. The van der Waals surface area contributed by atoms with Crippen LogP contribution in [-0.4, -0.2) is 49.3 Å². The van der Waals surface area contributed by atoms with Gasteiger partial charge in [0.2, 0.25) is 10.0 Å². The molecule has 1 fully saturated rings. The number of sulfonamides is 1. The molecule has 3 rings (SSSR count). The molecule has 1 aliphatic heterocycles. The predicted molar refractivity (Wildman–Crippen MR) is 111 cm³/mol. The lowest BCUT2D eigenvalue weighted by molar-refractivity contribution is -0.152. The minimum absolute atomic E-state index is 0.134. The van der Waals surface area contributed by atoms with E-state index in [1.165, 1.54) is 22.8 Å². The average molecular weight is 432 g/mol. The van der Waals surface area contributed by atoms with Crippen molar-refractivity contribution in [1.82, 2.24) is 9.29 Å². The maximum atomic E-state index is 12.6. The summed E-state index contributed by atoms with van der Waals surface area (Å²) in [7, 11) is -3.63. The largest absolute Gasteiger partial charge is 0.455 e. The molecule has 9 heteroatoms. The van der Waals surface area contributed by atoms with Gasteiger partial charge in [-0.2, -0.15) is 4.31 Å². The molecule has 30 heavy (non-hydrogen) atoms. The second-order valence-corrected chi connectivity index (χ2v) is 9.23. The van der Waals surface area contributed by atoms with Gasteiger partial charge in [-0.25, -0.2) is 8.42 Å². The van der Waals surface area contributed by atoms with Gasteiger partial charge in [-0.1, -0.05) is 18.2 Å². The van der Waals surface area contributed by atoms with Crippen LogP contribution < -0.4 is 5.32 Å². The van der Waals surface area contributed by atoms with Crippen molar-refractivity contribution in [2.24, 2.45) is 5.92 Å². The average Bonchev–Trinajstić information content (AvgIpc) is 2.75. The fraction of sp³-hybridized carbons (Fsp3) is 0.381. The number of ether oxygens (including phenoxy) is 1. The molecular weight excluding hydrogens is 406 g/mol. The van der Waals surface area contributed by atoms with Crippen LogP contribution in [0.5, 0.6) is 0 Å². The number of nitrogens with zero attached hydrogens (tertiary/aromatic N) is 2. The molecule has 0 atom stereocenters. The van der Waals surface area contributed by atoms with E-state index in [0.29, 0.717) is 18.5 Å². The number of benzene rings is 1. The van der Waals surface area contributed by atoms with Gasteiger partial charge >= 0.3 is 5.97 Å². The molecule has 1 N–H and O–H groups in total. The maximum absolute atomic E-state index is 12.6. The van der Waals surface area contributed by atoms with Crippen LogP contribution in [0.15, 0.2) is 47.6 Å². The smallest absolute Gasteiger partial charge is 0.309 e. The summed E-state index contributed by atoms with van der Waals surface area (Å²) in [4.78, 5) is 28.5. The second kappa shape index (κ2) is 9.36. The van der Waals surface area contributed by atoms with E-state index in [4.69, 9.17) is 4.74 Å². The Labute approximate surface area is 176 Å². The normalized spacial score (nSPS) is 15.5. The van der Waals surface area contributed by atoms with Crippen LogP contribution in [0, 0.1) is 19.8 Å². The van der Waals surface area contributed by atoms with Crippen molar-refractivity contribution in [1.29, 1.82) is 0 Å². The zero-order chi connectivity index (χ0) is 21.7. The van der Waals surface area contributed by atoms with Crippen molar-refractivity contribution in [3.05, 3.63) is 53.9 Å². The number of piperidine rings is 1. The van der Waals surface area contributed by atoms with E-state index in [1.807, 2.05) is 32.0 Å². The molecule has 2 aromatic rings. The summed E-state index contributed by atoms with van der Waals surface area (Å²) in [5, 5.41) is 2.77. The minimum Gasteiger partial charge on any atom is -0.455 e. The van der Waals surface area contributed by atoms with E-state index in [9.17, 15) is 18.0 Å². The Morgan fingerprint density at radius 3 is 2.40 bits per heavy atom. The molecule has 0 bridgehead atoms. The number of amides is 1. The number of aryl methyl sites for hydroxylation is 2. The first-order valence-corrected chi connectivity index (χ1v) is 11.2.